The number of nitrogens with zero attached hydrogens (tertiary/aromatic N) is 1. The van der Waals surface area contributed by atoms with Gasteiger partial charge in [0.25, 0.3) is 0 Å². The first-order valence-corrected chi connectivity index (χ1v) is 4.99. The molecule has 1 aromatic carbocycles. The Morgan fingerprint density at radius 3 is 3.08 bits per heavy atom. The maximum Gasteiger partial charge on any atom is 0.119 e. The van der Waals surface area contributed by atoms with Gasteiger partial charge in [0.1, 0.15) is 5.75 Å². The number of nitriles is 1. The van der Waals surface area contributed by atoms with Crippen LogP contribution in [-0.2, 0) is 0 Å². The van der Waals surface area contributed by atoms with Crippen LogP contribution in [0.4, 0.5) is 0 Å². The van der Waals surface area contributed by atoms with Crippen LogP contribution in [0.5, 0.6) is 5.75 Å². The maximum absolute atomic E-state index is 8.36. The standard InChI is InChI=1S/C10H11NOS/c1-12-9-4-2-5-10(8-9)13-7-3-6-11/h2,4-5,8H,3,7H2,1H3. The van der Waals surface area contributed by atoms with Crippen molar-refractivity contribution in [3.63, 3.8) is 0 Å². The fourth-order valence-corrected chi connectivity index (χ4v) is 1.71. The smallest absolute Gasteiger partial charge is 0.119 e. The van der Waals surface area contributed by atoms with Crippen LogP contribution in [-0.4, -0.2) is 12.9 Å². The van der Waals surface area contributed by atoms with Gasteiger partial charge >= 0.3 is 0 Å². The highest BCUT2D eigenvalue weighted by Crippen LogP contribution is 2.22. The molecule has 0 saturated heterocycles. The molecule has 3 heteroatoms. The van der Waals surface area contributed by atoms with Gasteiger partial charge in [0.05, 0.1) is 13.2 Å². The van der Waals surface area contributed by atoms with Crippen molar-refractivity contribution in [1.29, 1.82) is 5.26 Å². The zero-order chi connectivity index (χ0) is 9.52. The summed E-state index contributed by atoms with van der Waals surface area (Å²) in [4.78, 5) is 1.15. The third-order valence-corrected chi connectivity index (χ3v) is 2.52. The molecule has 0 amide bonds. The minimum absolute atomic E-state index is 0.585. The van der Waals surface area contributed by atoms with Crippen LogP contribution in [0.15, 0.2) is 29.2 Å². The van der Waals surface area contributed by atoms with Crippen molar-refractivity contribution in [2.24, 2.45) is 0 Å². The topological polar surface area (TPSA) is 33.0 Å². The molecule has 0 saturated carbocycles. The molecule has 0 radical (unpaired) electrons. The van der Waals surface area contributed by atoms with Crippen molar-refractivity contribution in [3.05, 3.63) is 24.3 Å². The molecule has 0 N–H and O–H groups in total. The highest BCUT2D eigenvalue weighted by molar-refractivity contribution is 7.99. The first-order chi connectivity index (χ1) is 6.36. The van der Waals surface area contributed by atoms with E-state index in [-0.39, 0.29) is 0 Å². The van der Waals surface area contributed by atoms with E-state index in [0.717, 1.165) is 16.4 Å². The monoisotopic (exact) mass is 193 g/mol. The highest BCUT2D eigenvalue weighted by atomic mass is 32.2. The Balaban J connectivity index is 2.52. The molecule has 0 aliphatic carbocycles. The largest absolute Gasteiger partial charge is 0.497 e. The van der Waals surface area contributed by atoms with Crippen molar-refractivity contribution in [2.45, 2.75) is 11.3 Å². The number of methoxy groups -OCH3 is 1. The second-order valence-corrected chi connectivity index (χ2v) is 3.60. The molecule has 0 aliphatic heterocycles. The van der Waals surface area contributed by atoms with Gasteiger partial charge in [-0.25, -0.2) is 0 Å². The van der Waals surface area contributed by atoms with Crippen molar-refractivity contribution in [1.82, 2.24) is 0 Å². The summed E-state index contributed by atoms with van der Waals surface area (Å²) >= 11 is 1.67. The fraction of sp³-hybridized carbons (Fsp3) is 0.300. The summed E-state index contributed by atoms with van der Waals surface area (Å²) < 4.78 is 5.08. The number of benzene rings is 1. The fourth-order valence-electron chi connectivity index (χ4n) is 0.905. The Morgan fingerprint density at radius 2 is 2.38 bits per heavy atom. The minimum atomic E-state index is 0.585. The van der Waals surface area contributed by atoms with E-state index in [1.807, 2.05) is 24.3 Å². The van der Waals surface area contributed by atoms with E-state index >= 15 is 0 Å². The van der Waals surface area contributed by atoms with Crippen molar-refractivity contribution in [3.8, 4) is 11.8 Å². The summed E-state index contributed by atoms with van der Waals surface area (Å²) in [6.45, 7) is 0. The van der Waals surface area contributed by atoms with Gasteiger partial charge in [-0.3, -0.25) is 0 Å². The number of thioether (sulfide) groups is 1. The lowest BCUT2D eigenvalue weighted by Gasteiger charge is -2.02. The third-order valence-electron chi connectivity index (χ3n) is 1.52. The normalized spacial score (nSPS) is 9.23. The Kier molecular flexibility index (Phi) is 4.20. The lowest BCUT2D eigenvalue weighted by molar-refractivity contribution is 0.413. The Labute approximate surface area is 82.5 Å². The van der Waals surface area contributed by atoms with Crippen LogP contribution in [0.1, 0.15) is 6.42 Å². The molecular weight excluding hydrogens is 182 g/mol. The number of hydrogen-bond donors (Lipinski definition) is 0. The van der Waals surface area contributed by atoms with E-state index in [9.17, 15) is 0 Å². The van der Waals surface area contributed by atoms with E-state index in [2.05, 4.69) is 6.07 Å². The van der Waals surface area contributed by atoms with Gasteiger partial charge in [-0.2, -0.15) is 5.26 Å². The quantitative estimate of drug-likeness (QED) is 0.544. The van der Waals surface area contributed by atoms with E-state index in [4.69, 9.17) is 10.00 Å². The molecular formula is C10H11NOS. The Bertz CT molecular complexity index is 306. The van der Waals surface area contributed by atoms with E-state index in [1.165, 1.54) is 0 Å². The molecule has 68 valence electrons. The first kappa shape index (κ1) is 9.94. The summed E-state index contributed by atoms with van der Waals surface area (Å²) in [5.74, 6) is 1.70. The van der Waals surface area contributed by atoms with Gasteiger partial charge in [-0.15, -0.1) is 11.8 Å². The second kappa shape index (κ2) is 5.50. The predicted octanol–water partition coefficient (Wildman–Crippen LogP) is 2.70. The van der Waals surface area contributed by atoms with Crippen molar-refractivity contribution in [2.75, 3.05) is 12.9 Å². The summed E-state index contributed by atoms with van der Waals surface area (Å²) in [5, 5.41) is 8.36. The van der Waals surface area contributed by atoms with Gasteiger partial charge in [-0.05, 0) is 18.2 Å². The third kappa shape index (κ3) is 3.39. The van der Waals surface area contributed by atoms with Crippen LogP contribution in [0, 0.1) is 11.3 Å². The lowest BCUT2D eigenvalue weighted by atomic mass is 10.3. The Hall–Kier alpha value is -1.14. The molecule has 0 atom stereocenters. The molecule has 0 unspecified atom stereocenters. The first-order valence-electron chi connectivity index (χ1n) is 4.00. The summed E-state index contributed by atoms with van der Waals surface area (Å²) in [6, 6.07) is 9.97. The zero-order valence-electron chi connectivity index (χ0n) is 7.49. The molecule has 0 spiro atoms. The van der Waals surface area contributed by atoms with Gasteiger partial charge < -0.3 is 4.74 Å². The van der Waals surface area contributed by atoms with E-state index in [1.54, 1.807) is 18.9 Å². The molecule has 2 nitrogen and oxygen atoms in total. The van der Waals surface area contributed by atoms with E-state index in [0.29, 0.717) is 6.42 Å². The molecule has 1 rings (SSSR count). The summed E-state index contributed by atoms with van der Waals surface area (Å²) in [6.07, 6.45) is 0.585. The van der Waals surface area contributed by atoms with Gasteiger partial charge in [0.2, 0.25) is 0 Å². The van der Waals surface area contributed by atoms with Crippen LogP contribution >= 0.6 is 11.8 Å². The van der Waals surface area contributed by atoms with Crippen LogP contribution in [0.25, 0.3) is 0 Å². The van der Waals surface area contributed by atoms with Crippen LogP contribution in [0.3, 0.4) is 0 Å². The number of hydrogen-bond acceptors (Lipinski definition) is 3. The van der Waals surface area contributed by atoms with Crippen LogP contribution < -0.4 is 4.74 Å². The van der Waals surface area contributed by atoms with Crippen molar-refractivity contribution >= 4 is 11.8 Å². The number of rotatable bonds is 4. The molecule has 0 aromatic heterocycles. The van der Waals surface area contributed by atoms with Gasteiger partial charge in [0, 0.05) is 17.1 Å². The minimum Gasteiger partial charge on any atom is -0.497 e. The summed E-state index contributed by atoms with van der Waals surface area (Å²) in [7, 11) is 1.65. The van der Waals surface area contributed by atoms with Crippen LogP contribution in [0.2, 0.25) is 0 Å². The average Bonchev–Trinajstić information content (AvgIpc) is 2.19. The number of ether oxygens (including phenoxy) is 1. The SMILES string of the molecule is COc1cccc(SCCC#N)c1. The van der Waals surface area contributed by atoms with Crippen molar-refractivity contribution < 1.29 is 4.74 Å². The molecule has 1 aromatic rings. The molecule has 0 fully saturated rings. The molecule has 0 bridgehead atoms. The molecule has 0 aliphatic rings. The van der Waals surface area contributed by atoms with Gasteiger partial charge in [-0.1, -0.05) is 6.07 Å². The van der Waals surface area contributed by atoms with E-state index < -0.39 is 0 Å². The highest BCUT2D eigenvalue weighted by Gasteiger charge is 1.95. The molecule has 0 heterocycles. The summed E-state index contributed by atoms with van der Waals surface area (Å²) in [5.41, 5.74) is 0. The zero-order valence-corrected chi connectivity index (χ0v) is 8.30. The molecule has 13 heavy (non-hydrogen) atoms. The second-order valence-electron chi connectivity index (χ2n) is 2.44. The Morgan fingerprint density at radius 1 is 1.54 bits per heavy atom. The lowest BCUT2D eigenvalue weighted by Crippen LogP contribution is -1.82. The average molecular weight is 193 g/mol. The maximum atomic E-state index is 8.36. The predicted molar refractivity (Wildman–Crippen MR) is 53.9 cm³/mol. The van der Waals surface area contributed by atoms with Gasteiger partial charge in [0.15, 0.2) is 0 Å².